The van der Waals surface area contributed by atoms with Crippen molar-refractivity contribution in [3.63, 3.8) is 0 Å². The lowest BCUT2D eigenvalue weighted by Crippen LogP contribution is -2.34. The Labute approximate surface area is 185 Å². The normalized spacial score (nSPS) is 13.1. The van der Waals surface area contributed by atoms with E-state index in [9.17, 15) is 4.39 Å². The minimum atomic E-state index is -1.33. The Hall–Kier alpha value is -2.95. The molecule has 0 spiro atoms. The van der Waals surface area contributed by atoms with Crippen molar-refractivity contribution in [2.24, 2.45) is 5.73 Å². The van der Waals surface area contributed by atoms with Crippen LogP contribution < -0.4 is 10.5 Å². The molecule has 0 radical (unpaired) electrons. The summed E-state index contributed by atoms with van der Waals surface area (Å²) in [6.07, 6.45) is -0.403. The van der Waals surface area contributed by atoms with E-state index in [1.165, 1.54) is 22.3 Å². The van der Waals surface area contributed by atoms with Crippen LogP contribution in [0, 0.1) is 0 Å². The van der Waals surface area contributed by atoms with Crippen LogP contribution in [0.5, 0.6) is 5.75 Å². The van der Waals surface area contributed by atoms with Gasteiger partial charge in [0.1, 0.15) is 12.4 Å². The Morgan fingerprint density at radius 2 is 1.42 bits per heavy atom. The van der Waals surface area contributed by atoms with Gasteiger partial charge < -0.3 is 10.5 Å². The maximum absolute atomic E-state index is 12.9. The fraction of sp³-hybridized carbons (Fsp3) is 0.259. The number of hydrogen-bond acceptors (Lipinski definition) is 3. The third kappa shape index (κ3) is 6.51. The van der Waals surface area contributed by atoms with Crippen molar-refractivity contribution in [1.29, 1.82) is 0 Å². The predicted molar refractivity (Wildman–Crippen MR) is 128 cm³/mol. The lowest BCUT2D eigenvalue weighted by Gasteiger charge is -2.18. The van der Waals surface area contributed by atoms with Gasteiger partial charge in [0, 0.05) is 13.1 Å². The van der Waals surface area contributed by atoms with Crippen LogP contribution in [-0.2, 0) is 0 Å². The molecule has 0 heterocycles. The number of allylic oxidation sites excluding steroid dienone is 1. The molecule has 0 saturated heterocycles. The first kappa shape index (κ1) is 22.7. The van der Waals surface area contributed by atoms with E-state index in [4.69, 9.17) is 10.5 Å². The van der Waals surface area contributed by atoms with Gasteiger partial charge in [0.05, 0.1) is 0 Å². The minimum absolute atomic E-state index is 0.201. The molecule has 0 aromatic heterocycles. The number of nitrogens with zero attached hydrogens (tertiary/aromatic N) is 1. The van der Waals surface area contributed by atoms with Crippen LogP contribution in [0.25, 0.3) is 11.1 Å². The van der Waals surface area contributed by atoms with Gasteiger partial charge in [-0.05, 0) is 53.4 Å². The van der Waals surface area contributed by atoms with Gasteiger partial charge in [-0.15, -0.1) is 0 Å². The summed E-state index contributed by atoms with van der Waals surface area (Å²) in [6.45, 7) is 3.49. The van der Waals surface area contributed by atoms with Gasteiger partial charge in [-0.3, -0.25) is 4.90 Å². The molecule has 31 heavy (non-hydrogen) atoms. The van der Waals surface area contributed by atoms with Crippen molar-refractivity contribution in [3.05, 3.63) is 102 Å². The first-order valence-electron chi connectivity index (χ1n) is 10.7. The summed E-state index contributed by atoms with van der Waals surface area (Å²) in [7, 11) is 1.83. The van der Waals surface area contributed by atoms with Gasteiger partial charge >= 0.3 is 0 Å². The van der Waals surface area contributed by atoms with Crippen molar-refractivity contribution < 1.29 is 9.13 Å². The molecule has 3 rings (SSSR count). The Morgan fingerprint density at radius 3 is 1.97 bits per heavy atom. The molecule has 0 aliphatic carbocycles. The molecule has 0 aliphatic rings. The summed E-state index contributed by atoms with van der Waals surface area (Å²) in [5, 5.41) is 0. The smallest absolute Gasteiger partial charge is 0.161 e. The summed E-state index contributed by atoms with van der Waals surface area (Å²) in [6, 6.07) is 29.3. The Kier molecular flexibility index (Phi) is 8.39. The second-order valence-electron chi connectivity index (χ2n) is 7.59. The van der Waals surface area contributed by atoms with E-state index < -0.39 is 6.30 Å². The molecular formula is C27H31FN2O. The van der Waals surface area contributed by atoms with Crippen LogP contribution >= 0.6 is 0 Å². The van der Waals surface area contributed by atoms with Gasteiger partial charge in [-0.2, -0.15) is 0 Å². The molecule has 3 aromatic carbocycles. The quantitative estimate of drug-likeness (QED) is 0.343. The van der Waals surface area contributed by atoms with Gasteiger partial charge in [-0.1, -0.05) is 79.7 Å². The lowest BCUT2D eigenvalue weighted by molar-refractivity contribution is 0.191. The molecule has 1 atom stereocenters. The molecule has 1 unspecified atom stereocenters. The molecular weight excluding hydrogens is 387 g/mol. The number of benzene rings is 3. The predicted octanol–water partition coefficient (Wildman–Crippen LogP) is 5.62. The maximum Gasteiger partial charge on any atom is 0.161 e. The van der Waals surface area contributed by atoms with E-state index >= 15 is 0 Å². The van der Waals surface area contributed by atoms with Crippen LogP contribution in [0.2, 0.25) is 0 Å². The van der Waals surface area contributed by atoms with E-state index in [1.54, 1.807) is 0 Å². The highest BCUT2D eigenvalue weighted by Crippen LogP contribution is 2.34. The molecule has 162 valence electrons. The van der Waals surface area contributed by atoms with Crippen molar-refractivity contribution >= 4 is 11.1 Å². The van der Waals surface area contributed by atoms with E-state index in [2.05, 4.69) is 67.6 Å². The van der Waals surface area contributed by atoms with Crippen LogP contribution in [0.4, 0.5) is 4.39 Å². The standard InChI is InChI=1S/C27H31FN2O/c1-3-25(21-10-6-4-7-11-21)27(22-12-8-5-9-13-22)23-14-16-24(17-15-23)31-19-18-30(2)20-26(28)29/h4-17,26H,3,18-20,29H2,1-2H3/b27-25-. The van der Waals surface area contributed by atoms with E-state index in [1.807, 2.05) is 36.2 Å². The van der Waals surface area contributed by atoms with Crippen molar-refractivity contribution in [1.82, 2.24) is 4.90 Å². The van der Waals surface area contributed by atoms with E-state index in [0.717, 1.165) is 17.7 Å². The SMILES string of the molecule is CC/C(=C(\c1ccccc1)c1ccc(OCCN(C)CC(N)F)cc1)c1ccccc1. The zero-order valence-corrected chi connectivity index (χ0v) is 18.3. The number of hydrogen-bond donors (Lipinski definition) is 1. The second kappa shape index (κ2) is 11.4. The number of rotatable bonds is 10. The van der Waals surface area contributed by atoms with Crippen LogP contribution in [0.1, 0.15) is 30.0 Å². The fourth-order valence-electron chi connectivity index (χ4n) is 3.71. The lowest BCUT2D eigenvalue weighted by atomic mass is 9.88. The molecule has 0 fully saturated rings. The highest BCUT2D eigenvalue weighted by atomic mass is 19.1. The van der Waals surface area contributed by atoms with Crippen molar-refractivity contribution in [3.8, 4) is 5.75 Å². The second-order valence-corrected chi connectivity index (χ2v) is 7.59. The Morgan fingerprint density at radius 1 is 0.871 bits per heavy atom. The largest absolute Gasteiger partial charge is 0.492 e. The number of ether oxygens (including phenoxy) is 1. The van der Waals surface area contributed by atoms with Gasteiger partial charge in [0.2, 0.25) is 0 Å². The summed E-state index contributed by atoms with van der Waals surface area (Å²) in [5.41, 5.74) is 11.3. The van der Waals surface area contributed by atoms with Crippen LogP contribution in [0.15, 0.2) is 84.9 Å². The summed E-state index contributed by atoms with van der Waals surface area (Å²) in [5.74, 6) is 0.798. The molecule has 0 saturated carbocycles. The summed E-state index contributed by atoms with van der Waals surface area (Å²) in [4.78, 5) is 1.82. The third-order valence-electron chi connectivity index (χ3n) is 5.21. The molecule has 4 heteroatoms. The van der Waals surface area contributed by atoms with Crippen molar-refractivity contribution in [2.45, 2.75) is 19.6 Å². The first-order valence-corrected chi connectivity index (χ1v) is 10.7. The van der Waals surface area contributed by atoms with E-state index in [0.29, 0.717) is 13.2 Å². The monoisotopic (exact) mass is 418 g/mol. The number of halogens is 1. The number of nitrogens with two attached hydrogens (primary N) is 1. The average molecular weight is 419 g/mol. The van der Waals surface area contributed by atoms with Gasteiger partial charge in [0.25, 0.3) is 0 Å². The zero-order valence-electron chi connectivity index (χ0n) is 18.3. The molecule has 3 nitrogen and oxygen atoms in total. The third-order valence-corrected chi connectivity index (χ3v) is 5.21. The topological polar surface area (TPSA) is 38.5 Å². The first-order chi connectivity index (χ1) is 15.1. The van der Waals surface area contributed by atoms with Gasteiger partial charge in [0.15, 0.2) is 6.30 Å². The average Bonchev–Trinajstić information content (AvgIpc) is 2.79. The minimum Gasteiger partial charge on any atom is -0.492 e. The summed E-state index contributed by atoms with van der Waals surface area (Å²) < 4.78 is 18.7. The van der Waals surface area contributed by atoms with Crippen LogP contribution in [0.3, 0.4) is 0 Å². The molecule has 0 aliphatic heterocycles. The molecule has 3 aromatic rings. The molecule has 0 bridgehead atoms. The van der Waals surface area contributed by atoms with E-state index in [-0.39, 0.29) is 6.54 Å². The van der Waals surface area contributed by atoms with Gasteiger partial charge in [-0.25, -0.2) is 4.39 Å². The Balaban J connectivity index is 1.85. The highest BCUT2D eigenvalue weighted by Gasteiger charge is 2.13. The molecule has 0 amide bonds. The number of likely N-dealkylation sites (N-methyl/N-ethyl adjacent to an activating group) is 1. The summed E-state index contributed by atoms with van der Waals surface area (Å²) >= 11 is 0. The zero-order chi connectivity index (χ0) is 22.1. The maximum atomic E-state index is 12.9. The van der Waals surface area contributed by atoms with Crippen molar-refractivity contribution in [2.75, 3.05) is 26.7 Å². The number of alkyl halides is 1. The Bertz CT molecular complexity index is 954. The van der Waals surface area contributed by atoms with Crippen LogP contribution in [-0.4, -0.2) is 37.9 Å². The molecule has 2 N–H and O–H groups in total. The fourth-order valence-corrected chi connectivity index (χ4v) is 3.71. The highest BCUT2D eigenvalue weighted by molar-refractivity contribution is 5.98.